The molecule has 1 fully saturated rings. The number of allylic oxidation sites excluding steroid dienone is 3. The average Bonchev–Trinajstić information content (AvgIpc) is 3.73. The van der Waals surface area contributed by atoms with E-state index in [1.165, 1.54) is 0 Å². The van der Waals surface area contributed by atoms with Crippen LogP contribution in [0.25, 0.3) is 10.8 Å². The molecule has 0 spiro atoms. The number of hydrogen-bond donors (Lipinski definition) is 3. The summed E-state index contributed by atoms with van der Waals surface area (Å²) < 4.78 is 41.3. The Morgan fingerprint density at radius 1 is 1.05 bits per heavy atom. The van der Waals surface area contributed by atoms with E-state index in [1.54, 1.807) is 33.0 Å². The molecule has 3 atom stereocenters. The molecule has 2 unspecified atom stereocenters. The molecule has 1 aromatic carbocycles. The average molecular weight is 611 g/mol. The van der Waals surface area contributed by atoms with Gasteiger partial charge >= 0.3 is 12.2 Å². The summed E-state index contributed by atoms with van der Waals surface area (Å²) in [6.07, 6.45) is 11.5. The van der Waals surface area contributed by atoms with Crippen LogP contribution in [0.4, 0.5) is 9.59 Å². The first-order valence-electron chi connectivity index (χ1n) is 15.0. The number of rotatable bonds is 9. The van der Waals surface area contributed by atoms with Crippen LogP contribution in [0.5, 0.6) is 0 Å². The number of sulfonamides is 1. The van der Waals surface area contributed by atoms with Crippen LogP contribution in [0.2, 0.25) is 0 Å². The van der Waals surface area contributed by atoms with Crippen LogP contribution in [0, 0.1) is 11.8 Å². The summed E-state index contributed by atoms with van der Waals surface area (Å²) in [5.74, 6) is 0.513. The number of aromatic nitrogens is 1. The zero-order chi connectivity index (χ0) is 30.9. The molecule has 2 aromatic rings. The summed E-state index contributed by atoms with van der Waals surface area (Å²) in [5, 5.41) is 7.04. The van der Waals surface area contributed by atoms with E-state index in [2.05, 4.69) is 15.4 Å². The minimum Gasteiger partial charge on any atom is -0.449 e. The van der Waals surface area contributed by atoms with Gasteiger partial charge in [0.25, 0.3) is 0 Å². The lowest BCUT2D eigenvalue weighted by Crippen LogP contribution is -2.35. The fourth-order valence-corrected chi connectivity index (χ4v) is 6.97. The van der Waals surface area contributed by atoms with E-state index in [-0.39, 0.29) is 36.3 Å². The maximum atomic E-state index is 13.7. The van der Waals surface area contributed by atoms with Crippen LogP contribution in [-0.2, 0) is 19.5 Å². The molecule has 232 valence electrons. The lowest BCUT2D eigenvalue weighted by Gasteiger charge is -2.23. The van der Waals surface area contributed by atoms with E-state index in [0.717, 1.165) is 25.0 Å². The van der Waals surface area contributed by atoms with Crippen molar-refractivity contribution in [1.82, 2.24) is 20.3 Å². The fourth-order valence-electron chi connectivity index (χ4n) is 5.52. The molecule has 1 saturated carbocycles. The molecule has 1 aromatic heterocycles. The Kier molecular flexibility index (Phi) is 8.85. The predicted molar refractivity (Wildman–Crippen MR) is 164 cm³/mol. The molecule has 3 aliphatic carbocycles. The quantitative estimate of drug-likeness (QED) is 0.321. The summed E-state index contributed by atoms with van der Waals surface area (Å²) in [5.41, 5.74) is 1.45. The van der Waals surface area contributed by atoms with Crippen molar-refractivity contribution in [3.8, 4) is 0 Å². The summed E-state index contributed by atoms with van der Waals surface area (Å²) in [6.45, 7) is 9.73. The summed E-state index contributed by atoms with van der Waals surface area (Å²) in [4.78, 5) is 30.7. The third-order valence-electron chi connectivity index (χ3n) is 7.72. The van der Waals surface area contributed by atoms with Crippen molar-refractivity contribution in [2.24, 2.45) is 11.8 Å². The Morgan fingerprint density at radius 3 is 2.44 bits per heavy atom. The second kappa shape index (κ2) is 12.3. The number of ether oxygens (including phenoxy) is 2. The van der Waals surface area contributed by atoms with Crippen molar-refractivity contribution < 1.29 is 27.5 Å². The van der Waals surface area contributed by atoms with Gasteiger partial charge in [0.15, 0.2) is 0 Å². The molecule has 43 heavy (non-hydrogen) atoms. The largest absolute Gasteiger partial charge is 0.449 e. The van der Waals surface area contributed by atoms with Crippen molar-refractivity contribution in [2.75, 3.05) is 13.2 Å². The van der Waals surface area contributed by atoms with Gasteiger partial charge in [0.2, 0.25) is 10.0 Å². The van der Waals surface area contributed by atoms with Gasteiger partial charge in [-0.15, -0.1) is 0 Å². The van der Waals surface area contributed by atoms with E-state index in [1.807, 2.05) is 44.2 Å². The minimum absolute atomic E-state index is 0.0904. The number of nitrogens with zero attached hydrogens (tertiary/aromatic N) is 1. The monoisotopic (exact) mass is 610 g/mol. The Bertz CT molecular complexity index is 1560. The van der Waals surface area contributed by atoms with Crippen molar-refractivity contribution in [3.05, 3.63) is 59.5 Å². The normalized spacial score (nSPS) is 21.6. The molecule has 11 heteroatoms. The zero-order valence-electron chi connectivity index (χ0n) is 25.5. The van der Waals surface area contributed by atoms with Crippen LogP contribution >= 0.6 is 0 Å². The van der Waals surface area contributed by atoms with E-state index in [9.17, 15) is 18.0 Å². The van der Waals surface area contributed by atoms with Crippen LogP contribution in [0.1, 0.15) is 95.1 Å². The highest BCUT2D eigenvalue weighted by Gasteiger charge is 2.38. The first-order valence-corrected chi connectivity index (χ1v) is 16.5. The highest BCUT2D eigenvalue weighted by molar-refractivity contribution is 7.89. The van der Waals surface area contributed by atoms with Gasteiger partial charge in [0, 0.05) is 41.0 Å². The number of fused-ring (bicyclic) bond motifs is 3. The van der Waals surface area contributed by atoms with Gasteiger partial charge in [-0.1, -0.05) is 38.2 Å². The standard InChI is InChI=1S/C32H42N4O6S/c1-19(2)16-34-43(39,40)28-14-23-26(35-30(37)41-18-20-9-7-6-8-10-20)15-27(36-31(38)42-32(3,4)5)29(23)24-17-33-25(13-22(24)28)21-11-12-21/h6-9,13-14,17,19-21,26-27,34H,10-12,15-16,18H2,1-5H3,(H,35,37)(H,36,38)/t20?,26-,27?/m0/s1. The molecule has 3 N–H and O–H groups in total. The SMILES string of the molecule is CC(C)CNS(=O)(=O)c1cc2c(c3cnc(C4CC4)cc13)C(NC(=O)OC(C)(C)C)C[C@@H]2NC(=O)OCC1C=CC=CC1. The summed E-state index contributed by atoms with van der Waals surface area (Å²) in [6, 6.07) is 2.32. The summed E-state index contributed by atoms with van der Waals surface area (Å²) >= 11 is 0. The van der Waals surface area contributed by atoms with Crippen LogP contribution < -0.4 is 15.4 Å². The molecule has 5 rings (SSSR count). The minimum atomic E-state index is -3.91. The molecular formula is C32H42N4O6S. The molecular weight excluding hydrogens is 568 g/mol. The van der Waals surface area contributed by atoms with Crippen molar-refractivity contribution >= 4 is 33.0 Å². The van der Waals surface area contributed by atoms with Gasteiger partial charge in [0.1, 0.15) is 5.60 Å². The first kappa shape index (κ1) is 31.0. The van der Waals surface area contributed by atoms with Gasteiger partial charge in [-0.2, -0.15) is 0 Å². The van der Waals surface area contributed by atoms with Crippen molar-refractivity contribution in [1.29, 1.82) is 0 Å². The highest BCUT2D eigenvalue weighted by atomic mass is 32.2. The molecule has 1 heterocycles. The van der Waals surface area contributed by atoms with Crippen molar-refractivity contribution in [2.45, 2.75) is 88.8 Å². The molecule has 0 aliphatic heterocycles. The molecule has 10 nitrogen and oxygen atoms in total. The zero-order valence-corrected chi connectivity index (χ0v) is 26.3. The number of pyridine rings is 1. The predicted octanol–water partition coefficient (Wildman–Crippen LogP) is 5.92. The lowest BCUT2D eigenvalue weighted by molar-refractivity contribution is 0.0502. The number of amides is 2. The van der Waals surface area contributed by atoms with Crippen LogP contribution in [0.15, 0.2) is 47.5 Å². The van der Waals surface area contributed by atoms with Gasteiger partial charge in [-0.3, -0.25) is 4.98 Å². The van der Waals surface area contributed by atoms with Crippen molar-refractivity contribution in [3.63, 3.8) is 0 Å². The smallest absolute Gasteiger partial charge is 0.408 e. The van der Waals surface area contributed by atoms with Gasteiger partial charge in [-0.25, -0.2) is 22.7 Å². The van der Waals surface area contributed by atoms with E-state index >= 15 is 0 Å². The topological polar surface area (TPSA) is 136 Å². The first-order chi connectivity index (χ1) is 20.3. The molecule has 0 bridgehead atoms. The van der Waals surface area contributed by atoms with Crippen LogP contribution in [-0.4, -0.2) is 44.3 Å². The van der Waals surface area contributed by atoms with Gasteiger partial charge in [-0.05, 0) is 75.6 Å². The Morgan fingerprint density at radius 2 is 1.79 bits per heavy atom. The molecule has 0 saturated heterocycles. The third-order valence-corrected chi connectivity index (χ3v) is 9.18. The third kappa shape index (κ3) is 7.56. The van der Waals surface area contributed by atoms with Crippen LogP contribution in [0.3, 0.4) is 0 Å². The Hall–Kier alpha value is -3.44. The van der Waals surface area contributed by atoms with Gasteiger partial charge < -0.3 is 20.1 Å². The Balaban J connectivity index is 1.54. The Labute approximate surface area is 253 Å². The number of nitrogens with one attached hydrogen (secondary N) is 3. The lowest BCUT2D eigenvalue weighted by atomic mass is 9.98. The van der Waals surface area contributed by atoms with E-state index < -0.39 is 39.9 Å². The molecule has 2 amide bonds. The second-order valence-electron chi connectivity index (χ2n) is 13.1. The fraction of sp³-hybridized carbons (Fsp3) is 0.531. The van der Waals surface area contributed by atoms with Gasteiger partial charge in [0.05, 0.1) is 23.6 Å². The van der Waals surface area contributed by atoms with E-state index in [0.29, 0.717) is 27.8 Å². The number of hydrogen-bond acceptors (Lipinski definition) is 7. The maximum absolute atomic E-state index is 13.7. The number of alkyl carbamates (subject to hydrolysis) is 2. The molecule has 0 radical (unpaired) electrons. The number of carbonyl (C=O) groups excluding carboxylic acids is 2. The summed E-state index contributed by atoms with van der Waals surface area (Å²) in [7, 11) is -3.91. The van der Waals surface area contributed by atoms with E-state index in [4.69, 9.17) is 14.5 Å². The number of carbonyl (C=O) groups is 2. The molecule has 3 aliphatic rings. The highest BCUT2D eigenvalue weighted by Crippen LogP contribution is 2.47. The maximum Gasteiger partial charge on any atom is 0.408 e. The second-order valence-corrected chi connectivity index (χ2v) is 14.8. The number of benzene rings is 1.